The average Bonchev–Trinajstić information content (AvgIpc) is 3.10. The lowest BCUT2D eigenvalue weighted by atomic mass is 10.2. The molecule has 0 spiro atoms. The van der Waals surface area contributed by atoms with Crippen LogP contribution in [0.5, 0.6) is 0 Å². The van der Waals surface area contributed by atoms with Crippen LogP contribution < -0.4 is 0 Å². The van der Waals surface area contributed by atoms with Crippen molar-refractivity contribution in [3.8, 4) is 11.5 Å². The number of hydrogen-bond acceptors (Lipinski definition) is 6. The molecule has 0 bridgehead atoms. The van der Waals surface area contributed by atoms with Crippen molar-refractivity contribution in [1.29, 1.82) is 0 Å². The third-order valence-electron chi connectivity index (χ3n) is 3.79. The van der Waals surface area contributed by atoms with Crippen LogP contribution in [0.4, 0.5) is 0 Å². The summed E-state index contributed by atoms with van der Waals surface area (Å²) >= 11 is 0. The lowest BCUT2D eigenvalue weighted by Crippen LogP contribution is -2.31. The Hall–Kier alpha value is -1.66. The summed E-state index contributed by atoms with van der Waals surface area (Å²) < 4.78 is 11.2. The Morgan fingerprint density at radius 2 is 2.20 bits per heavy atom. The second-order valence-corrected chi connectivity index (χ2v) is 5.28. The Kier molecular flexibility index (Phi) is 3.58. The molecule has 3 heterocycles. The molecule has 1 unspecified atom stereocenters. The molecule has 1 saturated heterocycles. The highest BCUT2D eigenvalue weighted by molar-refractivity contribution is 5.55. The van der Waals surface area contributed by atoms with Gasteiger partial charge in [0.15, 0.2) is 0 Å². The number of likely N-dealkylation sites (tertiary alicyclic amines) is 1. The zero-order chi connectivity index (χ0) is 14.1. The topological polar surface area (TPSA) is 75.5 Å². The first-order valence-corrected chi connectivity index (χ1v) is 6.92. The maximum atomic E-state index is 9.32. The fraction of sp³-hybridized carbons (Fsp3) is 0.571. The average molecular weight is 277 g/mol. The van der Waals surface area contributed by atoms with Gasteiger partial charge in [0.2, 0.25) is 5.89 Å². The quantitative estimate of drug-likeness (QED) is 0.920. The van der Waals surface area contributed by atoms with Crippen molar-refractivity contribution < 1.29 is 13.9 Å². The van der Waals surface area contributed by atoms with Gasteiger partial charge in [0.25, 0.3) is 5.89 Å². The minimum Gasteiger partial charge on any atom is -0.466 e. The van der Waals surface area contributed by atoms with Gasteiger partial charge in [0.1, 0.15) is 11.5 Å². The summed E-state index contributed by atoms with van der Waals surface area (Å²) in [5, 5.41) is 17.5. The van der Waals surface area contributed by atoms with Gasteiger partial charge < -0.3 is 13.9 Å². The molecule has 1 fully saturated rings. The van der Waals surface area contributed by atoms with E-state index in [1.165, 1.54) is 0 Å². The Labute approximate surface area is 117 Å². The van der Waals surface area contributed by atoms with E-state index in [0.29, 0.717) is 18.3 Å². The van der Waals surface area contributed by atoms with Gasteiger partial charge in [-0.1, -0.05) is 0 Å². The van der Waals surface area contributed by atoms with E-state index < -0.39 is 0 Å². The Morgan fingerprint density at radius 1 is 1.35 bits per heavy atom. The second-order valence-electron chi connectivity index (χ2n) is 5.28. The number of aryl methyl sites for hydroxylation is 2. The van der Waals surface area contributed by atoms with E-state index >= 15 is 0 Å². The molecule has 1 aliphatic heterocycles. The molecule has 0 aromatic carbocycles. The van der Waals surface area contributed by atoms with Crippen LogP contribution in [0.2, 0.25) is 0 Å². The lowest BCUT2D eigenvalue weighted by molar-refractivity contribution is 0.144. The SMILES string of the molecule is Cc1cc(-c2nnc(CN3CCCC3CO)o2)c(C)o1. The van der Waals surface area contributed by atoms with Crippen LogP contribution in [0.25, 0.3) is 11.5 Å². The maximum absolute atomic E-state index is 9.32. The van der Waals surface area contributed by atoms with E-state index in [-0.39, 0.29) is 12.6 Å². The van der Waals surface area contributed by atoms with E-state index in [2.05, 4.69) is 15.1 Å². The number of aliphatic hydroxyl groups excluding tert-OH is 1. The molecule has 1 atom stereocenters. The predicted octanol–water partition coefficient (Wildman–Crippen LogP) is 1.90. The number of aromatic nitrogens is 2. The van der Waals surface area contributed by atoms with Gasteiger partial charge in [-0.15, -0.1) is 10.2 Å². The van der Waals surface area contributed by atoms with Gasteiger partial charge >= 0.3 is 0 Å². The highest BCUT2D eigenvalue weighted by atomic mass is 16.4. The number of rotatable bonds is 4. The van der Waals surface area contributed by atoms with E-state index in [1.807, 2.05) is 19.9 Å². The minimum atomic E-state index is 0.182. The van der Waals surface area contributed by atoms with Crippen LogP contribution in [0.1, 0.15) is 30.3 Å². The molecule has 0 saturated carbocycles. The van der Waals surface area contributed by atoms with Crippen LogP contribution in [0, 0.1) is 13.8 Å². The smallest absolute Gasteiger partial charge is 0.251 e. The molecule has 6 nitrogen and oxygen atoms in total. The molecule has 1 aliphatic rings. The molecular formula is C14H19N3O3. The fourth-order valence-corrected chi connectivity index (χ4v) is 2.75. The number of furan rings is 1. The first-order chi connectivity index (χ1) is 9.67. The Morgan fingerprint density at radius 3 is 2.90 bits per heavy atom. The van der Waals surface area contributed by atoms with Crippen LogP contribution in [-0.4, -0.2) is 39.4 Å². The summed E-state index contributed by atoms with van der Waals surface area (Å²) in [6.07, 6.45) is 2.13. The maximum Gasteiger partial charge on any atom is 0.251 e. The van der Waals surface area contributed by atoms with E-state index in [0.717, 1.165) is 36.5 Å². The van der Waals surface area contributed by atoms with Crippen LogP contribution in [0.3, 0.4) is 0 Å². The van der Waals surface area contributed by atoms with Gasteiger partial charge in [0.05, 0.1) is 18.7 Å². The van der Waals surface area contributed by atoms with E-state index in [4.69, 9.17) is 8.83 Å². The Balaban J connectivity index is 1.75. The van der Waals surface area contributed by atoms with Gasteiger partial charge in [-0.25, -0.2) is 0 Å². The van der Waals surface area contributed by atoms with Crippen molar-refractivity contribution in [2.45, 2.75) is 39.3 Å². The van der Waals surface area contributed by atoms with Crippen molar-refractivity contribution in [1.82, 2.24) is 15.1 Å². The summed E-state index contributed by atoms with van der Waals surface area (Å²) in [5.41, 5.74) is 0.849. The normalized spacial score (nSPS) is 19.9. The number of nitrogens with zero attached hydrogens (tertiary/aromatic N) is 3. The highest BCUT2D eigenvalue weighted by Gasteiger charge is 2.25. The van der Waals surface area contributed by atoms with Crippen molar-refractivity contribution in [3.63, 3.8) is 0 Å². The monoisotopic (exact) mass is 277 g/mol. The third-order valence-corrected chi connectivity index (χ3v) is 3.79. The predicted molar refractivity (Wildman–Crippen MR) is 72.0 cm³/mol. The summed E-state index contributed by atoms with van der Waals surface area (Å²) in [6.45, 7) is 5.51. The van der Waals surface area contributed by atoms with Gasteiger partial charge in [-0.3, -0.25) is 4.90 Å². The molecule has 0 aliphatic carbocycles. The molecule has 2 aromatic rings. The fourth-order valence-electron chi connectivity index (χ4n) is 2.75. The molecule has 20 heavy (non-hydrogen) atoms. The third kappa shape index (κ3) is 2.48. The lowest BCUT2D eigenvalue weighted by Gasteiger charge is -2.20. The number of aliphatic hydroxyl groups is 1. The first-order valence-electron chi connectivity index (χ1n) is 6.92. The molecule has 2 aromatic heterocycles. The van der Waals surface area contributed by atoms with Crippen LogP contribution in [0.15, 0.2) is 14.9 Å². The summed E-state index contributed by atoms with van der Waals surface area (Å²) in [4.78, 5) is 2.19. The van der Waals surface area contributed by atoms with Gasteiger partial charge in [-0.2, -0.15) is 0 Å². The molecular weight excluding hydrogens is 258 g/mol. The largest absolute Gasteiger partial charge is 0.466 e. The number of hydrogen-bond donors (Lipinski definition) is 1. The minimum absolute atomic E-state index is 0.182. The first kappa shape index (κ1) is 13.3. The summed E-state index contributed by atoms with van der Waals surface area (Å²) in [5.74, 6) is 2.69. The van der Waals surface area contributed by atoms with E-state index in [1.54, 1.807) is 0 Å². The van der Waals surface area contributed by atoms with Crippen LogP contribution in [-0.2, 0) is 6.54 Å². The zero-order valence-corrected chi connectivity index (χ0v) is 11.8. The zero-order valence-electron chi connectivity index (χ0n) is 11.8. The summed E-state index contributed by atoms with van der Waals surface area (Å²) in [6, 6.07) is 2.11. The standard InChI is InChI=1S/C14H19N3O3/c1-9-6-12(10(2)19-9)14-16-15-13(20-14)7-17-5-3-4-11(17)8-18/h6,11,18H,3-5,7-8H2,1-2H3. The molecule has 0 amide bonds. The van der Waals surface area contributed by atoms with E-state index in [9.17, 15) is 5.11 Å². The van der Waals surface area contributed by atoms with Gasteiger partial charge in [0, 0.05) is 6.04 Å². The van der Waals surface area contributed by atoms with Crippen molar-refractivity contribution in [2.75, 3.05) is 13.2 Å². The van der Waals surface area contributed by atoms with Crippen molar-refractivity contribution in [2.24, 2.45) is 0 Å². The molecule has 108 valence electrons. The molecule has 1 N–H and O–H groups in total. The van der Waals surface area contributed by atoms with Crippen molar-refractivity contribution >= 4 is 0 Å². The summed E-state index contributed by atoms with van der Waals surface area (Å²) in [7, 11) is 0. The van der Waals surface area contributed by atoms with Crippen LogP contribution >= 0.6 is 0 Å². The second kappa shape index (κ2) is 5.38. The highest BCUT2D eigenvalue weighted by Crippen LogP contribution is 2.26. The molecule has 6 heteroatoms. The molecule has 0 radical (unpaired) electrons. The molecule has 3 rings (SSSR count). The van der Waals surface area contributed by atoms with Gasteiger partial charge in [-0.05, 0) is 39.3 Å². The Bertz CT molecular complexity index is 590. The van der Waals surface area contributed by atoms with Crippen molar-refractivity contribution in [3.05, 3.63) is 23.5 Å².